The lowest BCUT2D eigenvalue weighted by atomic mass is 10.0. The fraction of sp³-hybridized carbons (Fsp3) is 0.200. The van der Waals surface area contributed by atoms with Crippen LogP contribution >= 0.6 is 23.2 Å². The topological polar surface area (TPSA) is 37.4 Å². The molecular weight excluding hydrogens is 329 g/mol. The second kappa shape index (κ2) is 5.52. The van der Waals surface area contributed by atoms with Crippen molar-refractivity contribution in [1.29, 1.82) is 0 Å². The van der Waals surface area contributed by atoms with Crippen LogP contribution in [0, 0.1) is 0 Å². The number of hydrogen-bond donors (Lipinski definition) is 0. The van der Waals surface area contributed by atoms with Crippen LogP contribution in [0.25, 0.3) is 0 Å². The van der Waals surface area contributed by atoms with Crippen LogP contribution in [-0.2, 0) is 16.4 Å². The number of benzene rings is 2. The molecule has 6 heteroatoms. The summed E-state index contributed by atoms with van der Waals surface area (Å²) in [4.78, 5) is 0.122. The summed E-state index contributed by atoms with van der Waals surface area (Å²) in [5.41, 5.74) is 1.78. The largest absolute Gasteiger partial charge is 0.266 e. The lowest BCUT2D eigenvalue weighted by molar-refractivity contribution is 0.586. The molecule has 0 saturated carbocycles. The Hall–Kier alpha value is -1.23. The van der Waals surface area contributed by atoms with Gasteiger partial charge in [0.25, 0.3) is 10.0 Å². The molecule has 1 aliphatic heterocycles. The minimum Gasteiger partial charge on any atom is -0.266 e. The molecule has 0 aliphatic carbocycles. The Balaban J connectivity index is 2.11. The number of sulfonamides is 1. The van der Waals surface area contributed by atoms with Gasteiger partial charge in [-0.05, 0) is 42.7 Å². The molecule has 0 bridgehead atoms. The average Bonchev–Trinajstić information content (AvgIpc) is 2.45. The van der Waals surface area contributed by atoms with Gasteiger partial charge in [0.05, 0.1) is 10.6 Å². The molecule has 1 aliphatic rings. The van der Waals surface area contributed by atoms with Gasteiger partial charge in [0.1, 0.15) is 0 Å². The summed E-state index contributed by atoms with van der Waals surface area (Å²) in [6.45, 7) is 0.462. The quantitative estimate of drug-likeness (QED) is 0.823. The van der Waals surface area contributed by atoms with Crippen molar-refractivity contribution in [3.05, 3.63) is 58.1 Å². The zero-order valence-electron chi connectivity index (χ0n) is 11.1. The van der Waals surface area contributed by atoms with E-state index in [1.165, 1.54) is 22.5 Å². The SMILES string of the molecule is O=S(=O)(c1cc(Cl)cc(Cl)c1)N1CCCc2ccccc21. The van der Waals surface area contributed by atoms with Crippen LogP contribution in [0.2, 0.25) is 10.0 Å². The van der Waals surface area contributed by atoms with E-state index in [1.54, 1.807) is 0 Å². The molecule has 0 aromatic heterocycles. The molecule has 2 aromatic carbocycles. The summed E-state index contributed by atoms with van der Waals surface area (Å²) in [7, 11) is -3.66. The fourth-order valence-corrected chi connectivity index (χ4v) is 4.82. The number of halogens is 2. The van der Waals surface area contributed by atoms with Gasteiger partial charge in [0.2, 0.25) is 0 Å². The normalized spacial score (nSPS) is 14.9. The molecule has 3 rings (SSSR count). The first-order chi connectivity index (χ1) is 9.98. The van der Waals surface area contributed by atoms with Gasteiger partial charge in [-0.3, -0.25) is 4.31 Å². The summed E-state index contributed by atoms with van der Waals surface area (Å²) >= 11 is 11.9. The Bertz CT molecular complexity index is 770. The number of nitrogens with zero attached hydrogens (tertiary/aromatic N) is 1. The lowest BCUT2D eigenvalue weighted by Gasteiger charge is -2.30. The molecule has 3 nitrogen and oxygen atoms in total. The minimum atomic E-state index is -3.66. The third-order valence-corrected chi connectivity index (χ3v) is 5.72. The van der Waals surface area contributed by atoms with Gasteiger partial charge >= 0.3 is 0 Å². The number of hydrogen-bond acceptors (Lipinski definition) is 2. The third kappa shape index (κ3) is 2.76. The van der Waals surface area contributed by atoms with E-state index in [0.717, 1.165) is 24.1 Å². The maximum Gasteiger partial charge on any atom is 0.264 e. The zero-order chi connectivity index (χ0) is 15.0. The van der Waals surface area contributed by atoms with Crippen LogP contribution < -0.4 is 4.31 Å². The van der Waals surface area contributed by atoms with E-state index in [9.17, 15) is 8.42 Å². The van der Waals surface area contributed by atoms with Crippen molar-refractivity contribution in [1.82, 2.24) is 0 Å². The standard InChI is InChI=1S/C15H13Cl2NO2S/c16-12-8-13(17)10-14(9-12)21(19,20)18-7-3-5-11-4-1-2-6-15(11)18/h1-2,4,6,8-10H,3,5,7H2. The third-order valence-electron chi connectivity index (χ3n) is 3.49. The van der Waals surface area contributed by atoms with E-state index in [4.69, 9.17) is 23.2 Å². The molecular formula is C15H13Cl2NO2S. The molecule has 0 saturated heterocycles. The highest BCUT2D eigenvalue weighted by atomic mass is 35.5. The maximum absolute atomic E-state index is 12.9. The van der Waals surface area contributed by atoms with E-state index in [0.29, 0.717) is 16.6 Å². The van der Waals surface area contributed by atoms with E-state index in [1.807, 2.05) is 24.3 Å². The molecule has 0 unspecified atom stereocenters. The van der Waals surface area contributed by atoms with E-state index in [-0.39, 0.29) is 4.90 Å². The predicted molar refractivity (Wildman–Crippen MR) is 85.8 cm³/mol. The first-order valence-electron chi connectivity index (χ1n) is 6.55. The second-order valence-electron chi connectivity index (χ2n) is 4.91. The van der Waals surface area contributed by atoms with Gasteiger partial charge in [0.15, 0.2) is 0 Å². The van der Waals surface area contributed by atoms with Crippen molar-refractivity contribution in [2.24, 2.45) is 0 Å². The lowest BCUT2D eigenvalue weighted by Crippen LogP contribution is -2.35. The average molecular weight is 342 g/mol. The highest BCUT2D eigenvalue weighted by molar-refractivity contribution is 7.92. The summed E-state index contributed by atoms with van der Waals surface area (Å²) in [5, 5.41) is 0.623. The second-order valence-corrected chi connectivity index (χ2v) is 7.65. The molecule has 2 aromatic rings. The Morgan fingerprint density at radius 2 is 1.67 bits per heavy atom. The van der Waals surface area contributed by atoms with Crippen molar-refractivity contribution in [2.75, 3.05) is 10.8 Å². The summed E-state index contributed by atoms with van der Waals surface area (Å²) in [5.74, 6) is 0. The van der Waals surface area contributed by atoms with Gasteiger partial charge in [-0.15, -0.1) is 0 Å². The monoisotopic (exact) mass is 341 g/mol. The molecule has 0 fully saturated rings. The summed E-state index contributed by atoms with van der Waals surface area (Å²) in [6.07, 6.45) is 1.68. The van der Waals surface area contributed by atoms with Crippen molar-refractivity contribution >= 4 is 38.9 Å². The van der Waals surface area contributed by atoms with E-state index < -0.39 is 10.0 Å². The Kier molecular flexibility index (Phi) is 3.86. The van der Waals surface area contributed by atoms with E-state index >= 15 is 0 Å². The zero-order valence-corrected chi connectivity index (χ0v) is 13.4. The van der Waals surface area contributed by atoms with Gasteiger partial charge < -0.3 is 0 Å². The molecule has 0 radical (unpaired) electrons. The van der Waals surface area contributed by atoms with Crippen LogP contribution in [0.4, 0.5) is 5.69 Å². The van der Waals surface area contributed by atoms with Crippen molar-refractivity contribution in [2.45, 2.75) is 17.7 Å². The number of para-hydroxylation sites is 1. The highest BCUT2D eigenvalue weighted by Gasteiger charge is 2.29. The van der Waals surface area contributed by atoms with Gasteiger partial charge in [0, 0.05) is 16.6 Å². The first kappa shape index (κ1) is 14.7. The van der Waals surface area contributed by atoms with E-state index in [2.05, 4.69) is 0 Å². The van der Waals surface area contributed by atoms with Crippen molar-refractivity contribution in [3.8, 4) is 0 Å². The van der Waals surface area contributed by atoms with Crippen molar-refractivity contribution in [3.63, 3.8) is 0 Å². The van der Waals surface area contributed by atoms with Crippen LogP contribution in [-0.4, -0.2) is 15.0 Å². The van der Waals surface area contributed by atoms with Crippen LogP contribution in [0.3, 0.4) is 0 Å². The number of rotatable bonds is 2. The minimum absolute atomic E-state index is 0.122. The Morgan fingerprint density at radius 3 is 2.38 bits per heavy atom. The summed E-state index contributed by atoms with van der Waals surface area (Å²) in [6, 6.07) is 11.9. The van der Waals surface area contributed by atoms with Gasteiger partial charge in [-0.2, -0.15) is 0 Å². The molecule has 0 spiro atoms. The molecule has 110 valence electrons. The Labute approximate surface area is 134 Å². The Morgan fingerprint density at radius 1 is 1.00 bits per heavy atom. The molecule has 0 amide bonds. The summed E-state index contributed by atoms with van der Waals surface area (Å²) < 4.78 is 27.2. The van der Waals surface area contributed by atoms with Crippen LogP contribution in [0.15, 0.2) is 47.4 Å². The predicted octanol–water partition coefficient (Wildman–Crippen LogP) is 4.13. The number of fused-ring (bicyclic) bond motifs is 1. The molecule has 21 heavy (non-hydrogen) atoms. The first-order valence-corrected chi connectivity index (χ1v) is 8.75. The molecule has 0 atom stereocenters. The van der Waals surface area contributed by atoms with Crippen LogP contribution in [0.5, 0.6) is 0 Å². The van der Waals surface area contributed by atoms with Gasteiger partial charge in [-0.1, -0.05) is 41.4 Å². The van der Waals surface area contributed by atoms with Crippen molar-refractivity contribution < 1.29 is 8.42 Å². The molecule has 1 heterocycles. The maximum atomic E-state index is 12.9. The van der Waals surface area contributed by atoms with Gasteiger partial charge in [-0.25, -0.2) is 8.42 Å². The number of aryl methyl sites for hydroxylation is 1. The van der Waals surface area contributed by atoms with Crippen LogP contribution in [0.1, 0.15) is 12.0 Å². The highest BCUT2D eigenvalue weighted by Crippen LogP contribution is 2.33. The fourth-order valence-electron chi connectivity index (χ4n) is 2.55. The number of anilines is 1. The smallest absolute Gasteiger partial charge is 0.264 e. The molecule has 0 N–H and O–H groups in total.